The number of hydrogen-bond acceptors (Lipinski definition) is 5. The van der Waals surface area contributed by atoms with E-state index in [9.17, 15) is 0 Å². The van der Waals surface area contributed by atoms with Crippen molar-refractivity contribution >= 4 is 80.4 Å². The van der Waals surface area contributed by atoms with Gasteiger partial charge in [-0.3, -0.25) is 0 Å². The van der Waals surface area contributed by atoms with E-state index >= 15 is 0 Å². The molecule has 0 saturated carbocycles. The van der Waals surface area contributed by atoms with E-state index in [0.29, 0.717) is 0 Å². The molecule has 12 aromatic rings. The van der Waals surface area contributed by atoms with Gasteiger partial charge in [0.1, 0.15) is 11.5 Å². The largest absolute Gasteiger partial charge is 0.457 e. The normalized spacial score (nSPS) is 10.9. The first-order valence-electron chi connectivity index (χ1n) is 29.9. The first-order valence-corrected chi connectivity index (χ1v) is 29.9. The second kappa shape index (κ2) is 27.0. The first kappa shape index (κ1) is 58.2. The molecule has 87 heavy (non-hydrogen) atoms. The van der Waals surface area contributed by atoms with Gasteiger partial charge >= 0.3 is 0 Å². The van der Waals surface area contributed by atoms with E-state index in [-0.39, 0.29) is 0 Å². The Labute approximate surface area is 515 Å². The minimum Gasteiger partial charge on any atom is -0.457 e. The van der Waals surface area contributed by atoms with Gasteiger partial charge in [0.25, 0.3) is 0 Å². The number of para-hydroxylation sites is 1. The molecule has 428 valence electrons. The van der Waals surface area contributed by atoms with Crippen LogP contribution < -0.4 is 24.3 Å². The summed E-state index contributed by atoms with van der Waals surface area (Å²) in [5.41, 5.74) is 25.8. The van der Waals surface area contributed by atoms with Crippen LogP contribution in [0.2, 0.25) is 0 Å². The molecule has 0 fully saturated rings. The highest BCUT2D eigenvalue weighted by Crippen LogP contribution is 2.41. The van der Waals surface area contributed by atoms with Gasteiger partial charge in [-0.25, -0.2) is 0 Å². The van der Waals surface area contributed by atoms with Crippen LogP contribution in [0.3, 0.4) is 0 Å². The van der Waals surface area contributed by atoms with E-state index in [4.69, 9.17) is 4.74 Å². The van der Waals surface area contributed by atoms with Gasteiger partial charge in [-0.15, -0.1) is 0 Å². The van der Waals surface area contributed by atoms with Crippen LogP contribution in [-0.4, -0.2) is 0 Å². The van der Waals surface area contributed by atoms with E-state index in [1.165, 1.54) is 44.5 Å². The van der Waals surface area contributed by atoms with Gasteiger partial charge in [-0.05, 0) is 248 Å². The number of ether oxygens (including phenoxy) is 1. The Kier molecular flexibility index (Phi) is 18.0. The lowest BCUT2D eigenvalue weighted by Gasteiger charge is -2.26. The zero-order chi connectivity index (χ0) is 60.2. The van der Waals surface area contributed by atoms with Crippen LogP contribution in [0.15, 0.2) is 291 Å². The van der Waals surface area contributed by atoms with E-state index < -0.39 is 0 Å². The summed E-state index contributed by atoms with van der Waals surface area (Å²) in [5.74, 6) is 1.58. The third-order valence-corrected chi connectivity index (χ3v) is 15.7. The zero-order valence-corrected chi connectivity index (χ0v) is 51.1. The molecule has 0 N–H and O–H groups in total. The van der Waals surface area contributed by atoms with Crippen molar-refractivity contribution < 1.29 is 4.74 Å². The van der Waals surface area contributed by atoms with Crippen molar-refractivity contribution in [3.05, 3.63) is 347 Å². The highest BCUT2D eigenvalue weighted by molar-refractivity contribution is 5.82. The summed E-state index contributed by atoms with van der Waals surface area (Å²) < 4.78 is 6.32. The average molecular weight is 1130 g/mol. The van der Waals surface area contributed by atoms with E-state index in [2.05, 4.69) is 354 Å². The van der Waals surface area contributed by atoms with Crippen LogP contribution in [0.1, 0.15) is 55.6 Å². The minimum atomic E-state index is 0.791. The summed E-state index contributed by atoms with van der Waals surface area (Å²) in [6.45, 7) is 17.0. The Morgan fingerprint density at radius 3 is 0.690 bits per heavy atom. The van der Waals surface area contributed by atoms with E-state index in [0.717, 1.165) is 90.9 Å². The molecule has 0 unspecified atom stereocenters. The standard InChI is InChI=1S/C41H38N2O.C41H36N2/c1-29-6-13-34(14-7-29)42(35-15-8-30(2)9-16-35)37-20-24-40(25-21-37)44-41-26-22-38(23-27-41)43(36-17-10-31(3)11-18-36)39-19-12-32(4)33(5)28-39;1-31-9-21-37(22-10-31)42(36-7-5-4-6-8-36)40-27-17-34(18-28-40)15-16-35-19-29-41(30-20-35)43(38-23-11-32(2)12-24-38)39-25-13-33(3)14-26-39/h6-28H,1-5H3;4-30H,1-3H3/b;16-15+. The Morgan fingerprint density at radius 2 is 0.425 bits per heavy atom. The van der Waals surface area contributed by atoms with Gasteiger partial charge in [0.05, 0.1) is 0 Å². The Bertz CT molecular complexity index is 4090. The second-order valence-corrected chi connectivity index (χ2v) is 22.6. The lowest BCUT2D eigenvalue weighted by atomic mass is 10.1. The molecule has 0 bridgehead atoms. The van der Waals surface area contributed by atoms with Crippen LogP contribution in [0.4, 0.5) is 68.2 Å². The highest BCUT2D eigenvalue weighted by atomic mass is 16.5. The summed E-state index contributed by atoms with van der Waals surface area (Å²) in [5, 5.41) is 0. The molecular weight excluding hydrogens is 1060 g/mol. The van der Waals surface area contributed by atoms with Crippen molar-refractivity contribution in [2.24, 2.45) is 0 Å². The smallest absolute Gasteiger partial charge is 0.127 e. The lowest BCUT2D eigenvalue weighted by molar-refractivity contribution is 0.483. The zero-order valence-electron chi connectivity index (χ0n) is 51.1. The molecule has 0 heterocycles. The lowest BCUT2D eigenvalue weighted by Crippen LogP contribution is -2.10. The van der Waals surface area contributed by atoms with Gasteiger partial charge in [-0.1, -0.05) is 167 Å². The molecule has 5 heteroatoms. The monoisotopic (exact) mass is 1130 g/mol. The minimum absolute atomic E-state index is 0.791. The number of benzene rings is 12. The maximum atomic E-state index is 6.32. The predicted molar refractivity (Wildman–Crippen MR) is 371 cm³/mol. The summed E-state index contributed by atoms with van der Waals surface area (Å²) in [6, 6.07) is 103. The van der Waals surface area contributed by atoms with Crippen molar-refractivity contribution in [2.45, 2.75) is 55.4 Å². The summed E-state index contributed by atoms with van der Waals surface area (Å²) in [4.78, 5) is 9.15. The van der Waals surface area contributed by atoms with Crippen molar-refractivity contribution in [3.8, 4) is 11.5 Å². The molecule has 12 rings (SSSR count). The van der Waals surface area contributed by atoms with Crippen molar-refractivity contribution in [1.29, 1.82) is 0 Å². The fourth-order valence-corrected chi connectivity index (χ4v) is 10.5. The third-order valence-electron chi connectivity index (χ3n) is 15.7. The van der Waals surface area contributed by atoms with Crippen LogP contribution in [0.25, 0.3) is 12.2 Å². The molecule has 0 amide bonds. The molecule has 0 aliphatic rings. The molecular formula is C82H74N4O. The second-order valence-electron chi connectivity index (χ2n) is 22.6. The summed E-state index contributed by atoms with van der Waals surface area (Å²) in [6.07, 6.45) is 4.35. The molecule has 0 aliphatic heterocycles. The number of rotatable bonds is 16. The molecule has 0 aliphatic carbocycles. The van der Waals surface area contributed by atoms with E-state index in [1.54, 1.807) is 0 Å². The molecule has 0 aromatic heterocycles. The van der Waals surface area contributed by atoms with Crippen LogP contribution in [0.5, 0.6) is 11.5 Å². The highest BCUT2D eigenvalue weighted by Gasteiger charge is 2.17. The fourth-order valence-electron chi connectivity index (χ4n) is 10.5. The number of nitrogens with zero attached hydrogens (tertiary/aromatic N) is 4. The Morgan fingerprint density at radius 1 is 0.207 bits per heavy atom. The summed E-state index contributed by atoms with van der Waals surface area (Å²) in [7, 11) is 0. The van der Waals surface area contributed by atoms with Gasteiger partial charge in [0, 0.05) is 68.2 Å². The van der Waals surface area contributed by atoms with E-state index in [1.807, 2.05) is 24.3 Å². The van der Waals surface area contributed by atoms with Crippen molar-refractivity contribution in [1.82, 2.24) is 0 Å². The molecule has 12 aromatic carbocycles. The molecule has 5 nitrogen and oxygen atoms in total. The molecule has 0 radical (unpaired) electrons. The molecule has 0 saturated heterocycles. The quantitative estimate of drug-likeness (QED) is 0.0897. The van der Waals surface area contributed by atoms with Gasteiger partial charge in [0.2, 0.25) is 0 Å². The first-order chi connectivity index (χ1) is 42.4. The van der Waals surface area contributed by atoms with Crippen LogP contribution in [-0.2, 0) is 0 Å². The van der Waals surface area contributed by atoms with Gasteiger partial charge in [0.15, 0.2) is 0 Å². The van der Waals surface area contributed by atoms with Crippen LogP contribution >= 0.6 is 0 Å². The van der Waals surface area contributed by atoms with Gasteiger partial charge in [-0.2, -0.15) is 0 Å². The predicted octanol–water partition coefficient (Wildman–Crippen LogP) is 23.7. The Balaban J connectivity index is 0.000000180. The van der Waals surface area contributed by atoms with Gasteiger partial charge < -0.3 is 24.3 Å². The number of aryl methyl sites for hydroxylation is 8. The Hall–Kier alpha value is -10.6. The van der Waals surface area contributed by atoms with Crippen molar-refractivity contribution in [3.63, 3.8) is 0 Å². The van der Waals surface area contributed by atoms with Crippen LogP contribution in [0, 0.1) is 55.4 Å². The summed E-state index contributed by atoms with van der Waals surface area (Å²) >= 11 is 0. The fraction of sp³-hybridized carbons (Fsp3) is 0.0976. The number of hydrogen-bond donors (Lipinski definition) is 0. The molecule has 0 atom stereocenters. The molecule has 0 spiro atoms. The SMILES string of the molecule is Cc1ccc(N(c2ccc(C)cc2)c2ccc(Oc3ccc(N(c4ccc(C)cc4)c4ccc(C)c(C)c4)cc3)cc2)cc1.Cc1ccc(N(c2ccccc2)c2ccc(/C=C/c3ccc(N(c4ccc(C)cc4)c4ccc(C)cc4)cc3)cc2)cc1. The average Bonchev–Trinajstić information content (AvgIpc) is 1.78. The maximum Gasteiger partial charge on any atom is 0.127 e. The number of anilines is 12. The maximum absolute atomic E-state index is 6.32. The topological polar surface area (TPSA) is 22.2 Å². The van der Waals surface area contributed by atoms with Crippen molar-refractivity contribution in [2.75, 3.05) is 19.6 Å². The third kappa shape index (κ3) is 14.5.